The fraction of sp³-hybridized carbons (Fsp3) is 0.211. The summed E-state index contributed by atoms with van der Waals surface area (Å²) in [7, 11) is 0. The van der Waals surface area contributed by atoms with Crippen LogP contribution in [-0.4, -0.2) is 28.6 Å². The number of carbonyl (C=O) groups excluding carboxylic acids is 2. The van der Waals surface area contributed by atoms with Crippen molar-refractivity contribution in [2.24, 2.45) is 5.92 Å². The molecule has 6 heteroatoms. The van der Waals surface area contributed by atoms with E-state index in [0.29, 0.717) is 12.4 Å². The molecule has 1 aliphatic rings. The first kappa shape index (κ1) is 15.4. The third-order valence-electron chi connectivity index (χ3n) is 4.52. The number of aromatic amines is 1. The maximum absolute atomic E-state index is 12.5. The number of H-pyrrole nitrogens is 1. The number of nitrogens with zero attached hydrogens (tertiary/aromatic N) is 2. The van der Waals surface area contributed by atoms with E-state index in [1.165, 1.54) is 0 Å². The van der Waals surface area contributed by atoms with Gasteiger partial charge >= 0.3 is 0 Å². The number of hydrogen-bond donors (Lipinski definition) is 2. The van der Waals surface area contributed by atoms with Crippen LogP contribution in [0.4, 0.5) is 11.5 Å². The van der Waals surface area contributed by atoms with Gasteiger partial charge in [-0.1, -0.05) is 29.8 Å². The Balaban J connectivity index is 1.52. The highest BCUT2D eigenvalue weighted by Crippen LogP contribution is 2.30. The van der Waals surface area contributed by atoms with Gasteiger partial charge in [0.25, 0.3) is 0 Å². The quantitative estimate of drug-likeness (QED) is 0.773. The van der Waals surface area contributed by atoms with Crippen molar-refractivity contribution in [2.75, 3.05) is 16.8 Å². The van der Waals surface area contributed by atoms with Crippen LogP contribution in [0.25, 0.3) is 10.9 Å². The molecule has 1 unspecified atom stereocenters. The topological polar surface area (TPSA) is 78.1 Å². The molecule has 25 heavy (non-hydrogen) atoms. The minimum absolute atomic E-state index is 0.0821. The summed E-state index contributed by atoms with van der Waals surface area (Å²) in [5, 5.41) is 11.0. The Kier molecular flexibility index (Phi) is 3.72. The standard InChI is InChI=1S/C19H18N4O2/c1-12-6-8-14(9-7-12)20-19(25)13-10-17(24)23(11-13)18-15-4-2-3-5-16(15)21-22-18/h2-9,13H,10-11H2,1H3,(H,20,25)(H,21,22). The van der Waals surface area contributed by atoms with E-state index in [4.69, 9.17) is 0 Å². The number of amides is 2. The molecular formula is C19H18N4O2. The summed E-state index contributed by atoms with van der Waals surface area (Å²) in [6.07, 6.45) is 0.193. The minimum Gasteiger partial charge on any atom is -0.326 e. The Labute approximate surface area is 144 Å². The van der Waals surface area contributed by atoms with Gasteiger partial charge in [-0.2, -0.15) is 5.10 Å². The van der Waals surface area contributed by atoms with Crippen molar-refractivity contribution in [3.63, 3.8) is 0 Å². The van der Waals surface area contributed by atoms with Crippen molar-refractivity contribution >= 4 is 34.2 Å². The second-order valence-corrected chi connectivity index (χ2v) is 6.35. The Morgan fingerprint density at radius 3 is 2.76 bits per heavy atom. The average molecular weight is 334 g/mol. The first-order valence-electron chi connectivity index (χ1n) is 8.23. The van der Waals surface area contributed by atoms with Crippen LogP contribution in [0.2, 0.25) is 0 Å². The van der Waals surface area contributed by atoms with E-state index >= 15 is 0 Å². The number of para-hydroxylation sites is 1. The minimum atomic E-state index is -0.385. The summed E-state index contributed by atoms with van der Waals surface area (Å²) >= 11 is 0. The van der Waals surface area contributed by atoms with Gasteiger partial charge in [-0.05, 0) is 31.2 Å². The van der Waals surface area contributed by atoms with Crippen LogP contribution in [0.15, 0.2) is 48.5 Å². The van der Waals surface area contributed by atoms with E-state index in [1.807, 2.05) is 55.5 Å². The molecule has 2 aromatic carbocycles. The molecule has 1 fully saturated rings. The molecule has 0 spiro atoms. The zero-order valence-electron chi connectivity index (χ0n) is 13.8. The second kappa shape index (κ2) is 6.05. The van der Waals surface area contributed by atoms with Crippen molar-refractivity contribution in [3.05, 3.63) is 54.1 Å². The van der Waals surface area contributed by atoms with Gasteiger partial charge in [0, 0.05) is 24.0 Å². The van der Waals surface area contributed by atoms with E-state index in [9.17, 15) is 9.59 Å². The molecule has 0 bridgehead atoms. The molecule has 0 saturated carbocycles. The molecule has 1 saturated heterocycles. The van der Waals surface area contributed by atoms with Gasteiger partial charge < -0.3 is 5.32 Å². The smallest absolute Gasteiger partial charge is 0.229 e. The summed E-state index contributed by atoms with van der Waals surface area (Å²) in [6, 6.07) is 15.3. The van der Waals surface area contributed by atoms with E-state index in [2.05, 4.69) is 15.5 Å². The molecule has 1 aromatic heterocycles. The fourth-order valence-corrected chi connectivity index (χ4v) is 3.12. The second-order valence-electron chi connectivity index (χ2n) is 6.35. The third-order valence-corrected chi connectivity index (χ3v) is 4.52. The molecule has 2 N–H and O–H groups in total. The summed E-state index contributed by atoms with van der Waals surface area (Å²) in [6.45, 7) is 2.33. The molecule has 2 amide bonds. The number of hydrogen-bond acceptors (Lipinski definition) is 3. The SMILES string of the molecule is Cc1ccc(NC(=O)C2CC(=O)N(c3n[nH]c4ccccc34)C2)cc1. The van der Waals surface area contributed by atoms with Crippen LogP contribution in [0, 0.1) is 12.8 Å². The monoisotopic (exact) mass is 334 g/mol. The van der Waals surface area contributed by atoms with Crippen molar-refractivity contribution in [1.29, 1.82) is 0 Å². The van der Waals surface area contributed by atoms with Gasteiger partial charge in [0.2, 0.25) is 11.8 Å². The zero-order chi connectivity index (χ0) is 17.4. The van der Waals surface area contributed by atoms with Crippen LogP contribution in [0.3, 0.4) is 0 Å². The highest BCUT2D eigenvalue weighted by Gasteiger charge is 2.36. The number of anilines is 2. The molecular weight excluding hydrogens is 316 g/mol. The van der Waals surface area contributed by atoms with Gasteiger partial charge in [-0.25, -0.2) is 0 Å². The lowest BCUT2D eigenvalue weighted by Gasteiger charge is -2.14. The summed E-state index contributed by atoms with van der Waals surface area (Å²) in [5.74, 6) is -0.0173. The predicted octanol–water partition coefficient (Wildman–Crippen LogP) is 2.86. The molecule has 4 rings (SSSR count). The van der Waals surface area contributed by atoms with E-state index < -0.39 is 0 Å². The van der Waals surface area contributed by atoms with Gasteiger partial charge in [-0.15, -0.1) is 0 Å². The van der Waals surface area contributed by atoms with Crippen LogP contribution in [-0.2, 0) is 9.59 Å². The summed E-state index contributed by atoms with van der Waals surface area (Å²) in [5.41, 5.74) is 2.75. The number of rotatable bonds is 3. The number of aryl methyl sites for hydroxylation is 1. The first-order chi connectivity index (χ1) is 12.1. The Morgan fingerprint density at radius 1 is 1.20 bits per heavy atom. The molecule has 126 valence electrons. The molecule has 0 aliphatic carbocycles. The normalized spacial score (nSPS) is 17.2. The summed E-state index contributed by atoms with van der Waals surface area (Å²) < 4.78 is 0. The molecule has 3 aromatic rings. The van der Waals surface area contributed by atoms with Crippen LogP contribution in [0.1, 0.15) is 12.0 Å². The number of fused-ring (bicyclic) bond motifs is 1. The maximum Gasteiger partial charge on any atom is 0.229 e. The van der Waals surface area contributed by atoms with Crippen LogP contribution < -0.4 is 10.2 Å². The van der Waals surface area contributed by atoms with Crippen LogP contribution >= 0.6 is 0 Å². The van der Waals surface area contributed by atoms with E-state index in [-0.39, 0.29) is 24.2 Å². The number of carbonyl (C=O) groups is 2. The molecule has 1 aliphatic heterocycles. The first-order valence-corrected chi connectivity index (χ1v) is 8.23. The predicted molar refractivity (Wildman–Crippen MR) is 96.4 cm³/mol. The Hall–Kier alpha value is -3.15. The van der Waals surface area contributed by atoms with Gasteiger partial charge in [0.1, 0.15) is 0 Å². The number of aromatic nitrogens is 2. The molecule has 1 atom stereocenters. The average Bonchev–Trinajstić information content (AvgIpc) is 3.20. The van der Waals surface area contributed by atoms with Crippen molar-refractivity contribution in [2.45, 2.75) is 13.3 Å². The zero-order valence-corrected chi connectivity index (χ0v) is 13.8. The Bertz CT molecular complexity index is 945. The largest absolute Gasteiger partial charge is 0.326 e. The van der Waals surface area contributed by atoms with Gasteiger partial charge in [-0.3, -0.25) is 19.6 Å². The van der Waals surface area contributed by atoms with Crippen molar-refractivity contribution in [1.82, 2.24) is 10.2 Å². The highest BCUT2D eigenvalue weighted by atomic mass is 16.2. The fourth-order valence-electron chi connectivity index (χ4n) is 3.12. The Morgan fingerprint density at radius 2 is 1.96 bits per heavy atom. The van der Waals surface area contributed by atoms with Crippen molar-refractivity contribution < 1.29 is 9.59 Å². The van der Waals surface area contributed by atoms with Gasteiger partial charge in [0.05, 0.1) is 11.4 Å². The highest BCUT2D eigenvalue weighted by molar-refractivity contribution is 6.06. The van der Waals surface area contributed by atoms with Crippen molar-refractivity contribution in [3.8, 4) is 0 Å². The third kappa shape index (κ3) is 2.87. The molecule has 2 heterocycles. The number of nitrogens with one attached hydrogen (secondary N) is 2. The lowest BCUT2D eigenvalue weighted by atomic mass is 10.1. The van der Waals surface area contributed by atoms with Gasteiger partial charge in [0.15, 0.2) is 5.82 Å². The van der Waals surface area contributed by atoms with E-state index in [1.54, 1.807) is 4.90 Å². The molecule has 6 nitrogen and oxygen atoms in total. The van der Waals surface area contributed by atoms with Crippen LogP contribution in [0.5, 0.6) is 0 Å². The van der Waals surface area contributed by atoms with E-state index in [0.717, 1.165) is 22.2 Å². The molecule has 0 radical (unpaired) electrons. The lowest BCUT2D eigenvalue weighted by Crippen LogP contribution is -2.28. The number of benzene rings is 2. The maximum atomic E-state index is 12.5. The lowest BCUT2D eigenvalue weighted by molar-refractivity contribution is -0.122. The summed E-state index contributed by atoms with van der Waals surface area (Å²) in [4.78, 5) is 26.5.